The van der Waals surface area contributed by atoms with Crippen molar-refractivity contribution in [3.05, 3.63) is 0 Å². The van der Waals surface area contributed by atoms with Crippen molar-refractivity contribution in [2.24, 2.45) is 5.73 Å². The summed E-state index contributed by atoms with van der Waals surface area (Å²) in [5.74, 6) is 2.23. The Bertz CT molecular complexity index is 70.6. The zero-order valence-electron chi connectivity index (χ0n) is 6.55. The predicted octanol–water partition coefficient (Wildman–Crippen LogP) is 0.839. The average Bonchev–Trinajstić information content (AvgIpc) is 1.98. The molecular formula is C7H17NOS. The van der Waals surface area contributed by atoms with Crippen molar-refractivity contribution >= 4 is 11.8 Å². The van der Waals surface area contributed by atoms with Gasteiger partial charge in [-0.3, -0.25) is 0 Å². The van der Waals surface area contributed by atoms with Crippen LogP contribution in [0.1, 0.15) is 19.8 Å². The van der Waals surface area contributed by atoms with Crippen LogP contribution in [0.3, 0.4) is 0 Å². The molecule has 0 radical (unpaired) electrons. The summed E-state index contributed by atoms with van der Waals surface area (Å²) in [5, 5.41) is 9.02. The van der Waals surface area contributed by atoms with Crippen LogP contribution in [-0.4, -0.2) is 29.3 Å². The number of hydrogen-bond donors (Lipinski definition) is 2. The largest absolute Gasteiger partial charge is 0.392 e. The molecule has 0 heterocycles. The summed E-state index contributed by atoms with van der Waals surface area (Å²) in [4.78, 5) is 0. The van der Waals surface area contributed by atoms with E-state index in [0.717, 1.165) is 12.2 Å². The van der Waals surface area contributed by atoms with Gasteiger partial charge in [-0.05, 0) is 24.3 Å². The van der Waals surface area contributed by atoms with Crippen molar-refractivity contribution in [3.8, 4) is 0 Å². The molecule has 0 fully saturated rings. The third-order valence-corrected chi connectivity index (χ3v) is 2.44. The van der Waals surface area contributed by atoms with E-state index in [1.165, 1.54) is 12.2 Å². The lowest BCUT2D eigenvalue weighted by Crippen LogP contribution is -2.20. The Kier molecular flexibility index (Phi) is 7.58. The highest BCUT2D eigenvalue weighted by molar-refractivity contribution is 7.99. The first-order chi connectivity index (χ1) is 4.81. The van der Waals surface area contributed by atoms with E-state index in [9.17, 15) is 0 Å². The Morgan fingerprint density at radius 1 is 1.50 bits per heavy atom. The molecule has 0 saturated heterocycles. The topological polar surface area (TPSA) is 46.2 Å². The second-order valence-electron chi connectivity index (χ2n) is 2.29. The van der Waals surface area contributed by atoms with E-state index in [0.29, 0.717) is 6.54 Å². The van der Waals surface area contributed by atoms with Gasteiger partial charge in [0.2, 0.25) is 0 Å². The molecular weight excluding hydrogens is 146 g/mol. The zero-order chi connectivity index (χ0) is 7.82. The van der Waals surface area contributed by atoms with Crippen LogP contribution < -0.4 is 5.73 Å². The molecule has 0 saturated carbocycles. The lowest BCUT2D eigenvalue weighted by Gasteiger charge is -2.05. The summed E-state index contributed by atoms with van der Waals surface area (Å²) >= 11 is 1.88. The summed E-state index contributed by atoms with van der Waals surface area (Å²) in [6.45, 7) is 2.55. The fourth-order valence-corrected chi connectivity index (χ4v) is 1.52. The van der Waals surface area contributed by atoms with Gasteiger partial charge >= 0.3 is 0 Å². The van der Waals surface area contributed by atoms with Gasteiger partial charge < -0.3 is 10.8 Å². The Balaban J connectivity index is 2.89. The Hall–Kier alpha value is 0.270. The maximum atomic E-state index is 9.02. The number of hydrogen-bond acceptors (Lipinski definition) is 3. The molecule has 3 heteroatoms. The van der Waals surface area contributed by atoms with E-state index >= 15 is 0 Å². The number of aliphatic hydroxyl groups is 1. The van der Waals surface area contributed by atoms with Crippen molar-refractivity contribution in [2.75, 3.05) is 18.1 Å². The second-order valence-corrected chi connectivity index (χ2v) is 3.52. The Labute approximate surface area is 67.2 Å². The summed E-state index contributed by atoms with van der Waals surface area (Å²) in [7, 11) is 0. The molecule has 3 N–H and O–H groups in total. The predicted molar refractivity (Wildman–Crippen MR) is 47.3 cm³/mol. The fourth-order valence-electron chi connectivity index (χ4n) is 0.584. The highest BCUT2D eigenvalue weighted by atomic mass is 32.2. The molecule has 0 aliphatic carbocycles. The Morgan fingerprint density at radius 3 is 2.70 bits per heavy atom. The smallest absolute Gasteiger partial charge is 0.0670 e. The summed E-state index contributed by atoms with van der Waals surface area (Å²) in [5.41, 5.74) is 5.23. The molecule has 0 aromatic carbocycles. The normalized spacial score (nSPS) is 13.5. The van der Waals surface area contributed by atoms with Crippen LogP contribution in [0.2, 0.25) is 0 Å². The molecule has 0 aliphatic rings. The van der Waals surface area contributed by atoms with Gasteiger partial charge in [0.25, 0.3) is 0 Å². The molecule has 2 nitrogen and oxygen atoms in total. The first-order valence-corrected chi connectivity index (χ1v) is 4.92. The zero-order valence-corrected chi connectivity index (χ0v) is 7.36. The molecule has 62 valence electrons. The minimum absolute atomic E-state index is 0.288. The van der Waals surface area contributed by atoms with Gasteiger partial charge in [0.1, 0.15) is 0 Å². The molecule has 0 rings (SSSR count). The maximum absolute atomic E-state index is 9.02. The molecule has 0 aromatic rings. The van der Waals surface area contributed by atoms with Gasteiger partial charge in [0, 0.05) is 6.54 Å². The number of nitrogens with two attached hydrogens (primary N) is 1. The van der Waals surface area contributed by atoms with Crippen molar-refractivity contribution in [1.82, 2.24) is 0 Å². The van der Waals surface area contributed by atoms with Crippen LogP contribution >= 0.6 is 11.8 Å². The number of aliphatic hydroxyl groups excluding tert-OH is 1. The van der Waals surface area contributed by atoms with Crippen molar-refractivity contribution in [1.29, 1.82) is 0 Å². The third-order valence-electron chi connectivity index (χ3n) is 1.22. The van der Waals surface area contributed by atoms with Gasteiger partial charge in [-0.25, -0.2) is 0 Å². The minimum atomic E-state index is -0.288. The quantitative estimate of drug-likeness (QED) is 0.570. The number of thioether (sulfide) groups is 1. The average molecular weight is 163 g/mol. The molecule has 0 spiro atoms. The van der Waals surface area contributed by atoms with E-state index in [4.69, 9.17) is 10.8 Å². The molecule has 0 bridgehead atoms. The Morgan fingerprint density at radius 2 is 2.20 bits per heavy atom. The summed E-state index contributed by atoms with van der Waals surface area (Å²) in [6, 6.07) is 0. The van der Waals surface area contributed by atoms with Gasteiger partial charge in [-0.15, -0.1) is 0 Å². The van der Waals surface area contributed by atoms with Crippen molar-refractivity contribution < 1.29 is 5.11 Å². The molecule has 1 unspecified atom stereocenters. The van der Waals surface area contributed by atoms with Gasteiger partial charge in [0.05, 0.1) is 6.10 Å². The summed E-state index contributed by atoms with van der Waals surface area (Å²) in [6.07, 6.45) is 1.76. The summed E-state index contributed by atoms with van der Waals surface area (Å²) < 4.78 is 0. The van der Waals surface area contributed by atoms with Crippen LogP contribution in [-0.2, 0) is 0 Å². The monoisotopic (exact) mass is 163 g/mol. The lowest BCUT2D eigenvalue weighted by atomic mass is 10.3. The minimum Gasteiger partial charge on any atom is -0.392 e. The third kappa shape index (κ3) is 6.39. The van der Waals surface area contributed by atoms with Crippen LogP contribution in [0.15, 0.2) is 0 Å². The molecule has 0 aromatic heterocycles. The van der Waals surface area contributed by atoms with Crippen molar-refractivity contribution in [3.63, 3.8) is 0 Å². The maximum Gasteiger partial charge on any atom is 0.0670 e. The highest BCUT2D eigenvalue weighted by Gasteiger charge is 1.98. The highest BCUT2D eigenvalue weighted by Crippen LogP contribution is 2.05. The molecule has 0 amide bonds. The van der Waals surface area contributed by atoms with Crippen LogP contribution in [0.25, 0.3) is 0 Å². The van der Waals surface area contributed by atoms with E-state index < -0.39 is 0 Å². The van der Waals surface area contributed by atoms with Crippen LogP contribution in [0.4, 0.5) is 0 Å². The second kappa shape index (κ2) is 7.38. The van der Waals surface area contributed by atoms with Crippen LogP contribution in [0.5, 0.6) is 0 Å². The molecule has 0 aliphatic heterocycles. The lowest BCUT2D eigenvalue weighted by molar-refractivity contribution is 0.180. The number of rotatable bonds is 6. The first-order valence-electron chi connectivity index (χ1n) is 3.77. The first kappa shape index (κ1) is 10.3. The van der Waals surface area contributed by atoms with E-state index in [1.54, 1.807) is 0 Å². The van der Waals surface area contributed by atoms with Gasteiger partial charge in [-0.2, -0.15) is 11.8 Å². The SMILES string of the molecule is CCCSCCC(O)CN. The van der Waals surface area contributed by atoms with Gasteiger partial charge in [-0.1, -0.05) is 6.92 Å². The van der Waals surface area contributed by atoms with Crippen LogP contribution in [0, 0.1) is 0 Å². The molecule has 10 heavy (non-hydrogen) atoms. The van der Waals surface area contributed by atoms with E-state index in [-0.39, 0.29) is 6.10 Å². The van der Waals surface area contributed by atoms with E-state index in [1.807, 2.05) is 11.8 Å². The van der Waals surface area contributed by atoms with Crippen molar-refractivity contribution in [2.45, 2.75) is 25.9 Å². The standard InChI is InChI=1S/C7H17NOS/c1-2-4-10-5-3-7(9)6-8/h7,9H,2-6,8H2,1H3. The fraction of sp³-hybridized carbons (Fsp3) is 1.00. The molecule has 1 atom stereocenters. The van der Waals surface area contributed by atoms with E-state index in [2.05, 4.69) is 6.92 Å². The van der Waals surface area contributed by atoms with Gasteiger partial charge in [0.15, 0.2) is 0 Å².